The molecule has 0 saturated carbocycles. The molecule has 96 valence electrons. The van der Waals surface area contributed by atoms with Crippen LogP contribution in [0.4, 0.5) is 0 Å². The zero-order valence-electron chi connectivity index (χ0n) is 9.83. The fourth-order valence-electron chi connectivity index (χ4n) is 2.38. The average Bonchev–Trinajstić information content (AvgIpc) is 2.87. The van der Waals surface area contributed by atoms with E-state index in [4.69, 9.17) is 5.84 Å². The van der Waals surface area contributed by atoms with E-state index >= 15 is 0 Å². The molecule has 1 aliphatic heterocycles. The van der Waals surface area contributed by atoms with Crippen LogP contribution < -0.4 is 11.3 Å². The summed E-state index contributed by atoms with van der Waals surface area (Å²) in [5.74, 6) is 6.83. The minimum Gasteiger partial charge on any atom is -0.334 e. The molecule has 0 aromatic carbocycles. The normalized spacial score (nSPS) is 24.9. The molecule has 0 radical (unpaired) electrons. The lowest BCUT2D eigenvalue weighted by Crippen LogP contribution is -2.36. The van der Waals surface area contributed by atoms with Gasteiger partial charge in [-0.05, 0) is 19.3 Å². The predicted molar refractivity (Wildman–Crippen MR) is 64.7 cm³/mol. The lowest BCUT2D eigenvalue weighted by atomic mass is 9.99. The number of nitrogens with one attached hydrogen (secondary N) is 1. The highest BCUT2D eigenvalue weighted by Crippen LogP contribution is 2.30. The average molecular weight is 258 g/mol. The smallest absolute Gasteiger partial charge is 0.150 e. The van der Waals surface area contributed by atoms with Crippen molar-refractivity contribution < 1.29 is 8.42 Å². The molecule has 0 amide bonds. The third kappa shape index (κ3) is 2.51. The van der Waals surface area contributed by atoms with Crippen molar-refractivity contribution in [2.45, 2.75) is 25.9 Å². The number of hydrogen-bond acceptors (Lipinski definition) is 5. The van der Waals surface area contributed by atoms with Gasteiger partial charge in [-0.3, -0.25) is 5.84 Å². The Morgan fingerprint density at radius 3 is 3.00 bits per heavy atom. The van der Waals surface area contributed by atoms with Crippen LogP contribution in [0.1, 0.15) is 25.2 Å². The van der Waals surface area contributed by atoms with Crippen LogP contribution in [0, 0.1) is 5.92 Å². The summed E-state index contributed by atoms with van der Waals surface area (Å²) in [4.78, 5) is 4.28. The van der Waals surface area contributed by atoms with Crippen molar-refractivity contribution in [2.75, 3.05) is 11.5 Å². The maximum atomic E-state index is 11.5. The Labute approximate surface area is 101 Å². The third-order valence-corrected chi connectivity index (χ3v) is 5.08. The van der Waals surface area contributed by atoms with Crippen molar-refractivity contribution in [1.82, 2.24) is 15.0 Å². The van der Waals surface area contributed by atoms with Gasteiger partial charge in [0.05, 0.1) is 17.5 Å². The quantitative estimate of drug-likeness (QED) is 0.578. The van der Waals surface area contributed by atoms with E-state index in [1.807, 2.05) is 17.7 Å². The zero-order chi connectivity index (χ0) is 12.5. The Bertz CT molecular complexity index is 482. The van der Waals surface area contributed by atoms with E-state index < -0.39 is 9.84 Å². The Hall–Kier alpha value is -0.920. The molecule has 17 heavy (non-hydrogen) atoms. The van der Waals surface area contributed by atoms with E-state index in [1.165, 1.54) is 0 Å². The van der Waals surface area contributed by atoms with Gasteiger partial charge in [-0.15, -0.1) is 0 Å². The number of sulfone groups is 1. The third-order valence-electron chi connectivity index (χ3n) is 3.29. The summed E-state index contributed by atoms with van der Waals surface area (Å²) >= 11 is 0. The van der Waals surface area contributed by atoms with Crippen molar-refractivity contribution in [3.63, 3.8) is 0 Å². The predicted octanol–water partition coefficient (Wildman–Crippen LogP) is -0.158. The Morgan fingerprint density at radius 2 is 2.47 bits per heavy atom. The van der Waals surface area contributed by atoms with Gasteiger partial charge in [-0.25, -0.2) is 18.8 Å². The molecular formula is C10H18N4O2S. The van der Waals surface area contributed by atoms with Gasteiger partial charge in [0.25, 0.3) is 0 Å². The highest BCUT2D eigenvalue weighted by Gasteiger charge is 2.35. The van der Waals surface area contributed by atoms with Crippen molar-refractivity contribution in [2.24, 2.45) is 11.8 Å². The van der Waals surface area contributed by atoms with Crippen LogP contribution in [0.2, 0.25) is 0 Å². The molecule has 7 heteroatoms. The van der Waals surface area contributed by atoms with Crippen molar-refractivity contribution in [3.05, 3.63) is 18.2 Å². The van der Waals surface area contributed by atoms with Crippen LogP contribution in [0.15, 0.2) is 12.4 Å². The van der Waals surface area contributed by atoms with Gasteiger partial charge in [0, 0.05) is 18.9 Å². The summed E-state index contributed by atoms with van der Waals surface area (Å²) < 4.78 is 25.0. The number of rotatable bonds is 4. The van der Waals surface area contributed by atoms with Gasteiger partial charge in [0.2, 0.25) is 0 Å². The molecule has 1 fully saturated rings. The largest absolute Gasteiger partial charge is 0.334 e. The van der Waals surface area contributed by atoms with Crippen LogP contribution in [0.25, 0.3) is 0 Å². The van der Waals surface area contributed by atoms with E-state index in [1.54, 1.807) is 6.20 Å². The number of imidazole rings is 1. The van der Waals surface area contributed by atoms with Crippen LogP contribution >= 0.6 is 0 Å². The highest BCUT2D eigenvalue weighted by molar-refractivity contribution is 7.91. The number of nitrogens with zero attached hydrogens (tertiary/aromatic N) is 2. The SMILES string of the molecule is CCn1ccnc1C(NN)C1CCS(=O)(=O)C1. The summed E-state index contributed by atoms with van der Waals surface area (Å²) in [6.45, 7) is 2.82. The lowest BCUT2D eigenvalue weighted by molar-refractivity contribution is 0.371. The highest BCUT2D eigenvalue weighted by atomic mass is 32.2. The molecule has 0 bridgehead atoms. The van der Waals surface area contributed by atoms with Crippen molar-refractivity contribution >= 4 is 9.84 Å². The van der Waals surface area contributed by atoms with Crippen LogP contribution in [-0.2, 0) is 16.4 Å². The molecule has 0 aliphatic carbocycles. The molecule has 2 rings (SSSR count). The fourth-order valence-corrected chi connectivity index (χ4v) is 4.22. The van der Waals surface area contributed by atoms with Gasteiger partial charge in [0.15, 0.2) is 9.84 Å². The van der Waals surface area contributed by atoms with E-state index in [0.717, 1.165) is 12.4 Å². The molecule has 0 spiro atoms. The maximum Gasteiger partial charge on any atom is 0.150 e. The first-order valence-electron chi connectivity index (χ1n) is 5.75. The first kappa shape index (κ1) is 12.5. The van der Waals surface area contributed by atoms with Gasteiger partial charge < -0.3 is 4.57 Å². The monoisotopic (exact) mass is 258 g/mol. The number of hydrogen-bond donors (Lipinski definition) is 2. The van der Waals surface area contributed by atoms with Gasteiger partial charge in [0.1, 0.15) is 5.82 Å². The van der Waals surface area contributed by atoms with Crippen LogP contribution in [-0.4, -0.2) is 29.5 Å². The number of aromatic nitrogens is 2. The first-order valence-corrected chi connectivity index (χ1v) is 7.57. The summed E-state index contributed by atoms with van der Waals surface area (Å²) in [7, 11) is -2.89. The minimum atomic E-state index is -2.89. The van der Waals surface area contributed by atoms with Gasteiger partial charge >= 0.3 is 0 Å². The fraction of sp³-hybridized carbons (Fsp3) is 0.700. The lowest BCUT2D eigenvalue weighted by Gasteiger charge is -2.21. The van der Waals surface area contributed by atoms with Crippen molar-refractivity contribution in [3.8, 4) is 0 Å². The van der Waals surface area contributed by atoms with Gasteiger partial charge in [-0.1, -0.05) is 0 Å². The van der Waals surface area contributed by atoms with E-state index in [2.05, 4.69) is 10.4 Å². The molecule has 6 nitrogen and oxygen atoms in total. The molecule has 3 N–H and O–H groups in total. The summed E-state index contributed by atoms with van der Waals surface area (Å²) in [6.07, 6.45) is 4.24. The maximum absolute atomic E-state index is 11.5. The second-order valence-electron chi connectivity index (χ2n) is 4.38. The van der Waals surface area contributed by atoms with Crippen molar-refractivity contribution in [1.29, 1.82) is 0 Å². The zero-order valence-corrected chi connectivity index (χ0v) is 10.7. The van der Waals surface area contributed by atoms with E-state index in [9.17, 15) is 8.42 Å². The molecule has 2 unspecified atom stereocenters. The van der Waals surface area contributed by atoms with E-state index in [-0.39, 0.29) is 23.5 Å². The topological polar surface area (TPSA) is 90.0 Å². The Morgan fingerprint density at radius 1 is 1.71 bits per heavy atom. The molecule has 1 aromatic heterocycles. The Balaban J connectivity index is 2.23. The molecule has 1 aliphatic rings. The molecule has 1 aromatic rings. The second kappa shape index (κ2) is 4.75. The van der Waals surface area contributed by atoms with E-state index in [0.29, 0.717) is 6.42 Å². The van der Waals surface area contributed by atoms with Crippen LogP contribution in [0.5, 0.6) is 0 Å². The number of hydrazine groups is 1. The molecule has 2 heterocycles. The minimum absolute atomic E-state index is 0.0118. The number of nitrogens with two attached hydrogens (primary N) is 1. The molecule has 1 saturated heterocycles. The second-order valence-corrected chi connectivity index (χ2v) is 6.61. The molecule has 2 atom stereocenters. The summed E-state index contributed by atoms with van der Waals surface area (Å²) in [6, 6.07) is -0.192. The summed E-state index contributed by atoms with van der Waals surface area (Å²) in [5.41, 5.74) is 2.71. The van der Waals surface area contributed by atoms with Gasteiger partial charge in [-0.2, -0.15) is 0 Å². The number of aryl methyl sites for hydroxylation is 1. The van der Waals surface area contributed by atoms with Crippen LogP contribution in [0.3, 0.4) is 0 Å². The Kier molecular flexibility index (Phi) is 3.50. The molecular weight excluding hydrogens is 240 g/mol. The first-order chi connectivity index (χ1) is 8.07. The summed E-state index contributed by atoms with van der Waals surface area (Å²) in [5, 5.41) is 0. The standard InChI is InChI=1S/C10H18N4O2S/c1-2-14-5-4-12-10(14)9(13-11)8-3-6-17(15,16)7-8/h4-5,8-9,13H,2-3,6-7,11H2,1H3.